The van der Waals surface area contributed by atoms with Crippen LogP contribution in [0.2, 0.25) is 0 Å². The lowest BCUT2D eigenvalue weighted by Crippen LogP contribution is -2.53. The van der Waals surface area contributed by atoms with Gasteiger partial charge >= 0.3 is 0 Å². The molecule has 0 radical (unpaired) electrons. The van der Waals surface area contributed by atoms with Crippen molar-refractivity contribution in [2.24, 2.45) is 0 Å². The van der Waals surface area contributed by atoms with E-state index in [0.717, 1.165) is 15.7 Å². The summed E-state index contributed by atoms with van der Waals surface area (Å²) in [5, 5.41) is 3.26. The Balaban J connectivity index is 1.54. The molecule has 0 unspecified atom stereocenters. The van der Waals surface area contributed by atoms with E-state index in [2.05, 4.69) is 21.2 Å². The molecule has 138 valence electrons. The number of carbonyl (C=O) groups excluding carboxylic acids is 2. The van der Waals surface area contributed by atoms with Gasteiger partial charge in [0.15, 0.2) is 5.76 Å². The van der Waals surface area contributed by atoms with Gasteiger partial charge in [0.1, 0.15) is 6.04 Å². The molecule has 3 rings (SSSR count). The number of hydrogen-bond donors (Lipinski definition) is 1. The van der Waals surface area contributed by atoms with Crippen LogP contribution in [-0.2, 0) is 4.79 Å². The first-order valence-electron chi connectivity index (χ1n) is 8.60. The van der Waals surface area contributed by atoms with Crippen molar-refractivity contribution in [2.75, 3.05) is 31.5 Å². The third-order valence-corrected chi connectivity index (χ3v) is 5.41. The molecular formula is C19H22BrN3O3. The van der Waals surface area contributed by atoms with Crippen LogP contribution in [0, 0.1) is 6.92 Å². The Kier molecular flexibility index (Phi) is 5.66. The minimum atomic E-state index is -0.331. The number of carbonyl (C=O) groups is 2. The Hall–Kier alpha value is -2.28. The fourth-order valence-electron chi connectivity index (χ4n) is 3.01. The van der Waals surface area contributed by atoms with Crippen LogP contribution in [0.25, 0.3) is 0 Å². The van der Waals surface area contributed by atoms with Gasteiger partial charge in [-0.3, -0.25) is 9.59 Å². The largest absolute Gasteiger partial charge is 0.459 e. The number of nitrogens with zero attached hydrogens (tertiary/aromatic N) is 2. The molecule has 0 bridgehead atoms. The third kappa shape index (κ3) is 4.09. The van der Waals surface area contributed by atoms with Crippen LogP contribution in [0.5, 0.6) is 0 Å². The molecule has 2 heterocycles. The molecule has 1 aromatic carbocycles. The predicted molar refractivity (Wildman–Crippen MR) is 103 cm³/mol. The first-order valence-corrected chi connectivity index (χ1v) is 9.39. The van der Waals surface area contributed by atoms with Crippen molar-refractivity contribution >= 4 is 33.4 Å². The van der Waals surface area contributed by atoms with Gasteiger partial charge < -0.3 is 19.5 Å². The van der Waals surface area contributed by atoms with Gasteiger partial charge in [0, 0.05) is 36.3 Å². The topological polar surface area (TPSA) is 65.8 Å². The van der Waals surface area contributed by atoms with Gasteiger partial charge in [-0.15, -0.1) is 0 Å². The molecule has 1 aromatic heterocycles. The molecule has 26 heavy (non-hydrogen) atoms. The molecule has 2 aromatic rings. The Morgan fingerprint density at radius 2 is 1.85 bits per heavy atom. The summed E-state index contributed by atoms with van der Waals surface area (Å²) in [6.45, 7) is 5.94. The number of amides is 2. The van der Waals surface area contributed by atoms with Crippen molar-refractivity contribution in [3.05, 3.63) is 52.4 Å². The van der Waals surface area contributed by atoms with E-state index in [4.69, 9.17) is 4.42 Å². The predicted octanol–water partition coefficient (Wildman–Crippen LogP) is 3.14. The van der Waals surface area contributed by atoms with Crippen LogP contribution in [0.1, 0.15) is 23.0 Å². The molecule has 1 fully saturated rings. The second kappa shape index (κ2) is 7.95. The van der Waals surface area contributed by atoms with Crippen molar-refractivity contribution in [3.8, 4) is 0 Å². The fourth-order valence-corrected chi connectivity index (χ4v) is 3.25. The van der Waals surface area contributed by atoms with Crippen LogP contribution in [-0.4, -0.2) is 53.8 Å². The average molecular weight is 420 g/mol. The molecule has 6 nitrogen and oxygen atoms in total. The highest BCUT2D eigenvalue weighted by atomic mass is 79.9. The minimum absolute atomic E-state index is 0.0377. The number of hydrogen-bond acceptors (Lipinski definition) is 4. The van der Waals surface area contributed by atoms with E-state index in [-0.39, 0.29) is 17.9 Å². The number of furan rings is 1. The first kappa shape index (κ1) is 18.5. The highest BCUT2D eigenvalue weighted by molar-refractivity contribution is 9.10. The van der Waals surface area contributed by atoms with E-state index in [1.165, 1.54) is 6.26 Å². The summed E-state index contributed by atoms with van der Waals surface area (Å²) in [4.78, 5) is 28.5. The van der Waals surface area contributed by atoms with E-state index >= 15 is 0 Å². The molecule has 0 spiro atoms. The summed E-state index contributed by atoms with van der Waals surface area (Å²) in [6.07, 6.45) is 1.49. The van der Waals surface area contributed by atoms with Crippen LogP contribution >= 0.6 is 15.9 Å². The summed E-state index contributed by atoms with van der Waals surface area (Å²) in [5.74, 6) is 0.250. The lowest BCUT2D eigenvalue weighted by molar-refractivity contribution is -0.133. The molecule has 1 saturated heterocycles. The summed E-state index contributed by atoms with van der Waals surface area (Å²) in [5.41, 5.74) is 2.03. The van der Waals surface area contributed by atoms with E-state index in [1.807, 2.05) is 32.0 Å². The second-order valence-electron chi connectivity index (χ2n) is 6.42. The third-order valence-electron chi connectivity index (χ3n) is 4.52. The second-order valence-corrected chi connectivity index (χ2v) is 7.28. The number of halogens is 1. The molecule has 0 saturated carbocycles. The minimum Gasteiger partial charge on any atom is -0.459 e. The monoisotopic (exact) mass is 419 g/mol. The molecule has 0 aliphatic carbocycles. The average Bonchev–Trinajstić information content (AvgIpc) is 3.18. The Labute approximate surface area is 161 Å². The zero-order valence-corrected chi connectivity index (χ0v) is 16.5. The number of anilines is 1. The van der Waals surface area contributed by atoms with Crippen LogP contribution < -0.4 is 5.32 Å². The van der Waals surface area contributed by atoms with Gasteiger partial charge in [-0.1, -0.05) is 15.9 Å². The van der Waals surface area contributed by atoms with Crippen molar-refractivity contribution in [3.63, 3.8) is 0 Å². The van der Waals surface area contributed by atoms with Crippen molar-refractivity contribution in [1.82, 2.24) is 9.80 Å². The standard InChI is InChI=1S/C19H22BrN3O3/c1-13-12-15(5-6-16(13)20)21-14(2)18(24)22-7-9-23(10-8-22)19(25)17-4-3-11-26-17/h3-6,11-12,14,21H,7-10H2,1-2H3/t14-/m1/s1. The van der Waals surface area contributed by atoms with Crippen molar-refractivity contribution in [1.29, 1.82) is 0 Å². The van der Waals surface area contributed by atoms with Crippen molar-refractivity contribution in [2.45, 2.75) is 19.9 Å². The summed E-state index contributed by atoms with van der Waals surface area (Å²) >= 11 is 3.48. The van der Waals surface area contributed by atoms with E-state index < -0.39 is 0 Å². The fraction of sp³-hybridized carbons (Fsp3) is 0.368. The number of rotatable bonds is 4. The maximum absolute atomic E-state index is 12.7. The van der Waals surface area contributed by atoms with Gasteiger partial charge in [0.25, 0.3) is 5.91 Å². The first-order chi connectivity index (χ1) is 12.5. The highest BCUT2D eigenvalue weighted by Crippen LogP contribution is 2.21. The number of nitrogens with one attached hydrogen (secondary N) is 1. The Morgan fingerprint density at radius 1 is 1.15 bits per heavy atom. The Morgan fingerprint density at radius 3 is 2.46 bits per heavy atom. The zero-order chi connectivity index (χ0) is 18.7. The van der Waals surface area contributed by atoms with E-state index in [0.29, 0.717) is 31.9 Å². The number of benzene rings is 1. The summed E-state index contributed by atoms with van der Waals surface area (Å²) in [6, 6.07) is 8.95. The molecule has 1 N–H and O–H groups in total. The van der Waals surface area contributed by atoms with Gasteiger partial charge in [-0.05, 0) is 49.7 Å². The normalized spacial score (nSPS) is 15.7. The van der Waals surface area contributed by atoms with E-state index in [9.17, 15) is 9.59 Å². The Bertz CT molecular complexity index is 783. The van der Waals surface area contributed by atoms with Gasteiger partial charge in [-0.25, -0.2) is 0 Å². The molecule has 1 aliphatic rings. The van der Waals surface area contributed by atoms with Gasteiger partial charge in [0.2, 0.25) is 5.91 Å². The summed E-state index contributed by atoms with van der Waals surface area (Å²) in [7, 11) is 0. The highest BCUT2D eigenvalue weighted by Gasteiger charge is 2.28. The zero-order valence-electron chi connectivity index (χ0n) is 14.9. The summed E-state index contributed by atoms with van der Waals surface area (Å²) < 4.78 is 6.20. The smallest absolute Gasteiger partial charge is 0.289 e. The number of piperazine rings is 1. The molecule has 2 amide bonds. The molecule has 1 atom stereocenters. The maximum Gasteiger partial charge on any atom is 0.289 e. The van der Waals surface area contributed by atoms with Gasteiger partial charge in [0.05, 0.1) is 6.26 Å². The maximum atomic E-state index is 12.7. The van der Waals surface area contributed by atoms with Crippen LogP contribution in [0.15, 0.2) is 45.5 Å². The van der Waals surface area contributed by atoms with Crippen LogP contribution in [0.3, 0.4) is 0 Å². The molecule has 1 aliphatic heterocycles. The molecule has 7 heteroatoms. The SMILES string of the molecule is Cc1cc(N[C@H](C)C(=O)N2CCN(C(=O)c3ccco3)CC2)ccc1Br. The quantitative estimate of drug-likeness (QED) is 0.826. The molecular weight excluding hydrogens is 398 g/mol. The van der Waals surface area contributed by atoms with Crippen LogP contribution in [0.4, 0.5) is 5.69 Å². The van der Waals surface area contributed by atoms with Crippen molar-refractivity contribution < 1.29 is 14.0 Å². The van der Waals surface area contributed by atoms with Gasteiger partial charge in [-0.2, -0.15) is 0 Å². The number of aryl methyl sites for hydroxylation is 1. The lowest BCUT2D eigenvalue weighted by Gasteiger charge is -2.35. The van der Waals surface area contributed by atoms with E-state index in [1.54, 1.807) is 21.9 Å². The lowest BCUT2D eigenvalue weighted by atomic mass is 10.2.